The summed E-state index contributed by atoms with van der Waals surface area (Å²) < 4.78 is 1.43. The van der Waals surface area contributed by atoms with Gasteiger partial charge in [0.15, 0.2) is 0 Å². The lowest BCUT2D eigenvalue weighted by Crippen LogP contribution is -2.49. The van der Waals surface area contributed by atoms with Gasteiger partial charge in [-0.2, -0.15) is 0 Å². The second-order valence-electron chi connectivity index (χ2n) is 5.40. The lowest BCUT2D eigenvalue weighted by atomic mass is 9.82. The van der Waals surface area contributed by atoms with Crippen LogP contribution in [0.25, 0.3) is 0 Å². The molecule has 1 unspecified atom stereocenters. The summed E-state index contributed by atoms with van der Waals surface area (Å²) in [4.78, 5) is 25.0. The second-order valence-corrected chi connectivity index (χ2v) is 5.40. The highest BCUT2D eigenvalue weighted by Crippen LogP contribution is 2.29. The number of rotatable bonds is 4. The molecule has 2 rings (SSSR count). The molecule has 0 radical (unpaired) electrons. The summed E-state index contributed by atoms with van der Waals surface area (Å²) in [7, 11) is 0. The second kappa shape index (κ2) is 5.58. The molecule has 0 spiro atoms. The van der Waals surface area contributed by atoms with Crippen LogP contribution in [-0.4, -0.2) is 50.0 Å². The van der Waals surface area contributed by atoms with Crippen molar-refractivity contribution in [1.82, 2.24) is 19.9 Å². The number of carbonyl (C=O) groups is 2. The highest BCUT2D eigenvalue weighted by Gasteiger charge is 2.39. The third-order valence-corrected chi connectivity index (χ3v) is 3.66. The van der Waals surface area contributed by atoms with Crippen LogP contribution in [0.15, 0.2) is 6.20 Å². The van der Waals surface area contributed by atoms with E-state index in [0.717, 1.165) is 0 Å². The zero-order chi connectivity index (χ0) is 14.8. The van der Waals surface area contributed by atoms with Crippen molar-refractivity contribution in [3.8, 4) is 0 Å². The molecule has 1 aliphatic rings. The quantitative estimate of drug-likeness (QED) is 0.765. The van der Waals surface area contributed by atoms with E-state index in [1.807, 2.05) is 0 Å². The lowest BCUT2D eigenvalue weighted by Gasteiger charge is -2.37. The van der Waals surface area contributed by atoms with Crippen molar-refractivity contribution < 1.29 is 14.7 Å². The number of amides is 1. The first-order valence-corrected chi connectivity index (χ1v) is 6.55. The van der Waals surface area contributed by atoms with Crippen LogP contribution >= 0.6 is 0 Å². The average molecular weight is 281 g/mol. The molecule has 0 aromatic carbocycles. The number of hydrogen-bond donors (Lipinski definition) is 2. The molecule has 0 bridgehead atoms. The number of hydrogen-bond acceptors (Lipinski definition) is 5. The number of aliphatic carboxylic acids is 1. The molecule has 1 amide bonds. The van der Waals surface area contributed by atoms with Crippen molar-refractivity contribution in [1.29, 1.82) is 0 Å². The van der Waals surface area contributed by atoms with E-state index in [9.17, 15) is 14.7 Å². The van der Waals surface area contributed by atoms with Gasteiger partial charge in [0, 0.05) is 19.6 Å². The van der Waals surface area contributed by atoms with Crippen LogP contribution in [0.1, 0.15) is 25.5 Å². The van der Waals surface area contributed by atoms with Crippen LogP contribution in [0.3, 0.4) is 0 Å². The van der Waals surface area contributed by atoms with Crippen molar-refractivity contribution >= 4 is 11.9 Å². The first-order valence-electron chi connectivity index (χ1n) is 6.55. The zero-order valence-electron chi connectivity index (χ0n) is 11.4. The fraction of sp³-hybridized carbons (Fsp3) is 0.667. The number of aromatic nitrogens is 3. The standard InChI is InChI=1S/C12H19N5O3/c1-12(11(19)20)3-2-4-16(8-12)10(18)7-17-6-9(5-13)14-15-17/h6H,2-5,7-8,13H2,1H3,(H,19,20). The molecule has 1 aromatic heterocycles. The number of piperidine rings is 1. The van der Waals surface area contributed by atoms with E-state index >= 15 is 0 Å². The molecule has 8 nitrogen and oxygen atoms in total. The number of carboxylic acid groups (broad SMARTS) is 1. The lowest BCUT2D eigenvalue weighted by molar-refractivity contribution is -0.153. The van der Waals surface area contributed by atoms with Crippen molar-refractivity contribution in [3.05, 3.63) is 11.9 Å². The van der Waals surface area contributed by atoms with Gasteiger partial charge < -0.3 is 15.7 Å². The molecule has 2 heterocycles. The van der Waals surface area contributed by atoms with Crippen molar-refractivity contribution in [2.75, 3.05) is 13.1 Å². The Kier molecular flexibility index (Phi) is 4.03. The minimum Gasteiger partial charge on any atom is -0.481 e. The summed E-state index contributed by atoms with van der Waals surface area (Å²) in [5, 5.41) is 16.9. The smallest absolute Gasteiger partial charge is 0.311 e. The normalized spacial score (nSPS) is 22.8. The summed E-state index contributed by atoms with van der Waals surface area (Å²) in [5.74, 6) is -1.01. The molecule has 1 fully saturated rings. The SMILES string of the molecule is CC1(C(=O)O)CCCN(C(=O)Cn2cc(CN)nn2)C1. The zero-order valence-corrected chi connectivity index (χ0v) is 11.4. The minimum absolute atomic E-state index is 0.0582. The predicted molar refractivity (Wildman–Crippen MR) is 69.5 cm³/mol. The Morgan fingerprint density at radius 3 is 2.90 bits per heavy atom. The first-order chi connectivity index (χ1) is 9.44. The molecule has 1 atom stereocenters. The van der Waals surface area contributed by atoms with Gasteiger partial charge in [-0.15, -0.1) is 5.10 Å². The van der Waals surface area contributed by atoms with Crippen molar-refractivity contribution in [2.45, 2.75) is 32.9 Å². The number of carboxylic acids is 1. The number of nitrogens with zero attached hydrogens (tertiary/aromatic N) is 4. The Morgan fingerprint density at radius 1 is 1.55 bits per heavy atom. The van der Waals surface area contributed by atoms with E-state index in [4.69, 9.17) is 5.73 Å². The van der Waals surface area contributed by atoms with E-state index in [1.165, 1.54) is 4.68 Å². The number of nitrogens with two attached hydrogens (primary N) is 1. The van der Waals surface area contributed by atoms with Gasteiger partial charge in [0.25, 0.3) is 0 Å². The van der Waals surface area contributed by atoms with E-state index in [2.05, 4.69) is 10.3 Å². The van der Waals surface area contributed by atoms with Gasteiger partial charge in [-0.25, -0.2) is 4.68 Å². The molecule has 20 heavy (non-hydrogen) atoms. The van der Waals surface area contributed by atoms with Crippen LogP contribution in [0.4, 0.5) is 0 Å². The molecular weight excluding hydrogens is 262 g/mol. The summed E-state index contributed by atoms with van der Waals surface area (Å²) in [5.41, 5.74) is 5.18. The van der Waals surface area contributed by atoms with Crippen LogP contribution in [0, 0.1) is 5.41 Å². The number of likely N-dealkylation sites (tertiary alicyclic amines) is 1. The molecular formula is C12H19N5O3. The fourth-order valence-corrected chi connectivity index (χ4v) is 2.37. The average Bonchev–Trinajstić information content (AvgIpc) is 2.86. The molecule has 1 aromatic rings. The van der Waals surface area contributed by atoms with Gasteiger partial charge >= 0.3 is 5.97 Å². The van der Waals surface area contributed by atoms with Crippen molar-refractivity contribution in [2.24, 2.45) is 11.1 Å². The minimum atomic E-state index is -0.862. The van der Waals surface area contributed by atoms with E-state index in [1.54, 1.807) is 18.0 Å². The molecule has 1 aliphatic heterocycles. The van der Waals surface area contributed by atoms with Crippen LogP contribution in [-0.2, 0) is 22.7 Å². The Hall–Kier alpha value is -1.96. The summed E-state index contributed by atoms with van der Waals surface area (Å²) in [6, 6.07) is 0. The number of carbonyl (C=O) groups excluding carboxylic acids is 1. The van der Waals surface area contributed by atoms with Gasteiger partial charge in [-0.3, -0.25) is 9.59 Å². The maximum atomic E-state index is 12.2. The molecule has 0 saturated carbocycles. The summed E-state index contributed by atoms with van der Waals surface area (Å²) in [6.07, 6.45) is 2.91. The Morgan fingerprint density at radius 2 is 2.30 bits per heavy atom. The Bertz CT molecular complexity index is 515. The highest BCUT2D eigenvalue weighted by atomic mass is 16.4. The summed E-state index contributed by atoms with van der Waals surface area (Å²) in [6.45, 7) is 2.83. The highest BCUT2D eigenvalue weighted by molar-refractivity contribution is 5.79. The van der Waals surface area contributed by atoms with Crippen molar-refractivity contribution in [3.63, 3.8) is 0 Å². The van der Waals surface area contributed by atoms with Gasteiger partial charge in [0.05, 0.1) is 17.3 Å². The van der Waals surface area contributed by atoms with Gasteiger partial charge in [0.2, 0.25) is 5.91 Å². The maximum Gasteiger partial charge on any atom is 0.311 e. The van der Waals surface area contributed by atoms with Gasteiger partial charge in [-0.1, -0.05) is 5.21 Å². The predicted octanol–water partition coefficient (Wildman–Crippen LogP) is -0.550. The van der Waals surface area contributed by atoms with E-state index < -0.39 is 11.4 Å². The van der Waals surface area contributed by atoms with Crippen LogP contribution < -0.4 is 5.73 Å². The maximum absolute atomic E-state index is 12.2. The molecule has 8 heteroatoms. The third kappa shape index (κ3) is 2.96. The Balaban J connectivity index is 2.00. The topological polar surface area (TPSA) is 114 Å². The van der Waals surface area contributed by atoms with E-state index in [0.29, 0.717) is 25.1 Å². The molecule has 0 aliphatic carbocycles. The van der Waals surface area contributed by atoms with Crippen LogP contribution in [0.2, 0.25) is 0 Å². The van der Waals surface area contributed by atoms with Gasteiger partial charge in [-0.05, 0) is 19.8 Å². The molecule has 1 saturated heterocycles. The third-order valence-electron chi connectivity index (χ3n) is 3.66. The molecule has 3 N–H and O–H groups in total. The fourth-order valence-electron chi connectivity index (χ4n) is 2.37. The van der Waals surface area contributed by atoms with E-state index in [-0.39, 0.29) is 25.5 Å². The first kappa shape index (κ1) is 14.4. The van der Waals surface area contributed by atoms with Gasteiger partial charge in [0.1, 0.15) is 6.54 Å². The summed E-state index contributed by atoms with van der Waals surface area (Å²) >= 11 is 0. The monoisotopic (exact) mass is 281 g/mol. The Labute approximate surface area is 116 Å². The van der Waals surface area contributed by atoms with Crippen LogP contribution in [0.5, 0.6) is 0 Å². The molecule has 110 valence electrons. The largest absolute Gasteiger partial charge is 0.481 e.